The first kappa shape index (κ1) is 20.7. The normalized spacial score (nSPS) is 11.5. The van der Waals surface area contributed by atoms with E-state index in [1.54, 1.807) is 25.6 Å². The van der Waals surface area contributed by atoms with Gasteiger partial charge in [0.05, 0.1) is 12.7 Å². The lowest BCUT2D eigenvalue weighted by molar-refractivity contribution is -0.137. The number of nitrogens with one attached hydrogen (secondary N) is 1. The highest BCUT2D eigenvalue weighted by Gasteiger charge is 2.30. The van der Waals surface area contributed by atoms with E-state index in [-0.39, 0.29) is 0 Å². The largest absolute Gasteiger partial charge is 0.481 e. The quantitative estimate of drug-likeness (QED) is 0.402. The third-order valence-electron chi connectivity index (χ3n) is 5.02. The van der Waals surface area contributed by atoms with Crippen molar-refractivity contribution in [3.8, 4) is 5.88 Å². The Balaban J connectivity index is 1.61. The Bertz CT molecular complexity index is 1210. The van der Waals surface area contributed by atoms with Gasteiger partial charge in [0.25, 0.3) is 0 Å². The lowest BCUT2D eigenvalue weighted by Gasteiger charge is -2.14. The van der Waals surface area contributed by atoms with Crippen LogP contribution in [0.1, 0.15) is 16.7 Å². The molecule has 7 heteroatoms. The van der Waals surface area contributed by atoms with E-state index >= 15 is 0 Å². The molecule has 0 atom stereocenters. The zero-order chi connectivity index (χ0) is 21.8. The van der Waals surface area contributed by atoms with Crippen LogP contribution in [0.25, 0.3) is 10.8 Å². The summed E-state index contributed by atoms with van der Waals surface area (Å²) in [6.07, 6.45) is 0.630. The van der Waals surface area contributed by atoms with Gasteiger partial charge in [-0.1, -0.05) is 30.3 Å². The number of fused-ring (bicyclic) bond motifs is 1. The molecule has 4 aromatic rings. The highest BCUT2D eigenvalue weighted by Crippen LogP contribution is 2.33. The van der Waals surface area contributed by atoms with Gasteiger partial charge in [0.2, 0.25) is 5.88 Å². The van der Waals surface area contributed by atoms with Gasteiger partial charge < -0.3 is 10.1 Å². The molecule has 0 radical (unpaired) electrons. The predicted octanol–water partition coefficient (Wildman–Crippen LogP) is 6.19. The van der Waals surface area contributed by atoms with E-state index in [1.807, 2.05) is 36.4 Å². The van der Waals surface area contributed by atoms with Crippen LogP contribution in [0.2, 0.25) is 0 Å². The first-order valence-electron chi connectivity index (χ1n) is 9.74. The van der Waals surface area contributed by atoms with Gasteiger partial charge in [-0.25, -0.2) is 9.97 Å². The van der Waals surface area contributed by atoms with Crippen molar-refractivity contribution in [2.45, 2.75) is 19.0 Å². The minimum absolute atomic E-state index is 0.337. The van der Waals surface area contributed by atoms with Crippen molar-refractivity contribution in [1.29, 1.82) is 0 Å². The molecule has 0 saturated carbocycles. The minimum Gasteiger partial charge on any atom is -0.481 e. The molecule has 0 spiro atoms. The second-order valence-corrected chi connectivity index (χ2v) is 7.09. The number of halogens is 3. The molecule has 31 heavy (non-hydrogen) atoms. The molecule has 0 saturated heterocycles. The summed E-state index contributed by atoms with van der Waals surface area (Å²) >= 11 is 0. The summed E-state index contributed by atoms with van der Waals surface area (Å²) < 4.78 is 44.3. The van der Waals surface area contributed by atoms with Crippen molar-refractivity contribution in [2.24, 2.45) is 0 Å². The fraction of sp³-hybridized carbons (Fsp3) is 0.167. The van der Waals surface area contributed by atoms with E-state index in [0.29, 0.717) is 17.4 Å². The molecule has 0 unspecified atom stereocenters. The minimum atomic E-state index is -4.40. The lowest BCUT2D eigenvalue weighted by Crippen LogP contribution is -2.05. The molecule has 2 aromatic heterocycles. The number of aromatic nitrogens is 2. The molecule has 0 bridgehead atoms. The number of methoxy groups -OCH3 is 1. The van der Waals surface area contributed by atoms with Crippen molar-refractivity contribution in [3.05, 3.63) is 89.7 Å². The summed E-state index contributed by atoms with van der Waals surface area (Å²) in [4.78, 5) is 8.63. The molecule has 0 fully saturated rings. The van der Waals surface area contributed by atoms with Gasteiger partial charge in [-0.3, -0.25) is 0 Å². The fourth-order valence-electron chi connectivity index (χ4n) is 3.46. The van der Waals surface area contributed by atoms with E-state index in [0.717, 1.165) is 46.9 Å². The Hall–Kier alpha value is -3.61. The van der Waals surface area contributed by atoms with E-state index in [4.69, 9.17) is 4.74 Å². The molecule has 2 heterocycles. The molecule has 4 nitrogen and oxygen atoms in total. The number of pyridine rings is 2. The van der Waals surface area contributed by atoms with Crippen LogP contribution in [-0.4, -0.2) is 17.1 Å². The number of hydrogen-bond donors (Lipinski definition) is 1. The summed E-state index contributed by atoms with van der Waals surface area (Å²) in [7, 11) is 1.58. The van der Waals surface area contributed by atoms with Gasteiger partial charge in [0.15, 0.2) is 0 Å². The zero-order valence-electron chi connectivity index (χ0n) is 16.8. The number of nitrogens with zero attached hydrogens (tertiary/aromatic N) is 2. The van der Waals surface area contributed by atoms with Crippen LogP contribution < -0.4 is 10.1 Å². The van der Waals surface area contributed by atoms with Crippen molar-refractivity contribution in [2.75, 3.05) is 12.4 Å². The smallest absolute Gasteiger partial charge is 0.416 e. The standard InChI is InChI=1S/C24H20F3N3O/c1-31-22-13-16(11-12-28-22)9-10-17-15-29-23(21-8-3-2-7-20(17)21)30-19-6-4-5-18(14-19)24(25,26)27/h2-8,11-15H,9-10H2,1H3,(H,29,30). The van der Waals surface area contributed by atoms with E-state index in [1.165, 1.54) is 6.07 Å². The van der Waals surface area contributed by atoms with Crippen LogP contribution in [0.3, 0.4) is 0 Å². The molecule has 0 amide bonds. The maximum absolute atomic E-state index is 13.0. The second kappa shape index (κ2) is 8.63. The van der Waals surface area contributed by atoms with Crippen LogP contribution in [0.4, 0.5) is 24.7 Å². The Morgan fingerprint density at radius 2 is 1.71 bits per heavy atom. The summed E-state index contributed by atoms with van der Waals surface area (Å²) in [6.45, 7) is 0. The summed E-state index contributed by atoms with van der Waals surface area (Å²) in [6, 6.07) is 16.7. The van der Waals surface area contributed by atoms with Crippen LogP contribution in [0.5, 0.6) is 5.88 Å². The van der Waals surface area contributed by atoms with Gasteiger partial charge in [-0.2, -0.15) is 13.2 Å². The third-order valence-corrected chi connectivity index (χ3v) is 5.02. The number of hydrogen-bond acceptors (Lipinski definition) is 4. The lowest BCUT2D eigenvalue weighted by atomic mass is 10.0. The van der Waals surface area contributed by atoms with Crippen molar-refractivity contribution in [3.63, 3.8) is 0 Å². The van der Waals surface area contributed by atoms with E-state index in [9.17, 15) is 13.2 Å². The Morgan fingerprint density at radius 1 is 0.903 bits per heavy atom. The number of benzene rings is 2. The molecular formula is C24H20F3N3O. The van der Waals surface area contributed by atoms with E-state index in [2.05, 4.69) is 15.3 Å². The molecule has 0 aliphatic heterocycles. The monoisotopic (exact) mass is 423 g/mol. The average Bonchev–Trinajstić information content (AvgIpc) is 2.78. The van der Waals surface area contributed by atoms with Gasteiger partial charge in [0, 0.05) is 29.5 Å². The molecule has 0 aliphatic rings. The third kappa shape index (κ3) is 4.77. The van der Waals surface area contributed by atoms with Crippen LogP contribution in [-0.2, 0) is 19.0 Å². The van der Waals surface area contributed by atoms with E-state index < -0.39 is 11.7 Å². The Labute approximate surface area is 177 Å². The van der Waals surface area contributed by atoms with Gasteiger partial charge in [-0.05, 0) is 53.6 Å². The molecule has 4 rings (SSSR count). The van der Waals surface area contributed by atoms with Crippen LogP contribution in [0.15, 0.2) is 73.1 Å². The second-order valence-electron chi connectivity index (χ2n) is 7.09. The number of aryl methyl sites for hydroxylation is 2. The Kier molecular flexibility index (Phi) is 5.75. The molecular weight excluding hydrogens is 403 g/mol. The summed E-state index contributed by atoms with van der Waals surface area (Å²) in [5.74, 6) is 1.09. The first-order chi connectivity index (χ1) is 14.9. The average molecular weight is 423 g/mol. The predicted molar refractivity (Wildman–Crippen MR) is 115 cm³/mol. The van der Waals surface area contributed by atoms with Crippen LogP contribution >= 0.6 is 0 Å². The summed E-state index contributed by atoms with van der Waals surface area (Å²) in [5, 5.41) is 4.90. The number of anilines is 2. The van der Waals surface area contributed by atoms with Gasteiger partial charge >= 0.3 is 6.18 Å². The van der Waals surface area contributed by atoms with Crippen molar-refractivity contribution in [1.82, 2.24) is 9.97 Å². The highest BCUT2D eigenvalue weighted by atomic mass is 19.4. The molecule has 158 valence electrons. The number of rotatable bonds is 6. The van der Waals surface area contributed by atoms with Crippen molar-refractivity contribution < 1.29 is 17.9 Å². The van der Waals surface area contributed by atoms with Gasteiger partial charge in [0.1, 0.15) is 5.82 Å². The SMILES string of the molecule is COc1cc(CCc2cnc(Nc3cccc(C(F)(F)F)c3)c3ccccc23)ccn1. The molecule has 1 N–H and O–H groups in total. The topological polar surface area (TPSA) is 47.0 Å². The Morgan fingerprint density at radius 3 is 2.48 bits per heavy atom. The molecule has 2 aromatic carbocycles. The first-order valence-corrected chi connectivity index (χ1v) is 9.74. The van der Waals surface area contributed by atoms with Crippen LogP contribution in [0, 0.1) is 0 Å². The van der Waals surface area contributed by atoms with Gasteiger partial charge in [-0.15, -0.1) is 0 Å². The molecule has 0 aliphatic carbocycles. The maximum atomic E-state index is 13.0. The van der Waals surface area contributed by atoms with Crippen molar-refractivity contribution >= 4 is 22.3 Å². The number of ether oxygens (including phenoxy) is 1. The fourth-order valence-corrected chi connectivity index (χ4v) is 3.46. The highest BCUT2D eigenvalue weighted by molar-refractivity contribution is 5.95. The zero-order valence-corrected chi connectivity index (χ0v) is 16.8. The number of alkyl halides is 3. The maximum Gasteiger partial charge on any atom is 0.416 e. The summed E-state index contributed by atoms with van der Waals surface area (Å²) in [5.41, 5.74) is 1.79.